The molecule has 6 heteroatoms. The van der Waals surface area contributed by atoms with Crippen LogP contribution in [0.3, 0.4) is 0 Å². The van der Waals surface area contributed by atoms with Crippen molar-refractivity contribution >= 4 is 39.1 Å². The van der Waals surface area contributed by atoms with Gasteiger partial charge in [-0.05, 0) is 18.6 Å². The van der Waals surface area contributed by atoms with Crippen LogP contribution in [0.5, 0.6) is 0 Å². The maximum Gasteiger partial charge on any atom is 0.292 e. The molecule has 1 aromatic carbocycles. The lowest BCUT2D eigenvalue weighted by Gasteiger charge is -2.38. The summed E-state index contributed by atoms with van der Waals surface area (Å²) in [7, 11) is 0. The molecule has 2 rings (SSSR count). The Bertz CT molecular complexity index is 484. The number of benzene rings is 1. The molecule has 1 aromatic rings. The van der Waals surface area contributed by atoms with Crippen molar-refractivity contribution in [3.63, 3.8) is 0 Å². The molecule has 1 fully saturated rings. The van der Waals surface area contributed by atoms with E-state index in [0.29, 0.717) is 16.6 Å². The second-order valence-corrected chi connectivity index (χ2v) is 6.77. The van der Waals surface area contributed by atoms with E-state index in [1.807, 2.05) is 23.9 Å². The number of anilines is 1. The lowest BCUT2D eigenvalue weighted by Crippen LogP contribution is -2.45. The molecule has 0 aliphatic carbocycles. The summed E-state index contributed by atoms with van der Waals surface area (Å²) in [6.07, 6.45) is 0. The Morgan fingerprint density at radius 1 is 1.53 bits per heavy atom. The summed E-state index contributed by atoms with van der Waals surface area (Å²) < 4.78 is 0. The second kappa shape index (κ2) is 6.13. The van der Waals surface area contributed by atoms with Crippen molar-refractivity contribution in [1.29, 1.82) is 0 Å². The molecule has 1 heterocycles. The van der Waals surface area contributed by atoms with Gasteiger partial charge in [-0.25, -0.2) is 0 Å². The Morgan fingerprint density at radius 2 is 2.26 bits per heavy atom. The third-order valence-electron chi connectivity index (χ3n) is 3.58. The molecule has 0 saturated carbocycles. The van der Waals surface area contributed by atoms with Crippen LogP contribution in [0.1, 0.15) is 19.4 Å². The smallest absolute Gasteiger partial charge is 0.292 e. The summed E-state index contributed by atoms with van der Waals surface area (Å²) in [5.74, 6) is 1.02. The van der Waals surface area contributed by atoms with Gasteiger partial charge in [-0.3, -0.25) is 10.1 Å². The predicted molar refractivity (Wildman–Crippen MR) is 84.5 cm³/mol. The summed E-state index contributed by atoms with van der Waals surface area (Å²) in [4.78, 5) is 13.2. The van der Waals surface area contributed by atoms with E-state index in [-0.39, 0.29) is 10.6 Å². The van der Waals surface area contributed by atoms with E-state index in [4.69, 9.17) is 0 Å². The molecule has 1 saturated heterocycles. The highest BCUT2D eigenvalue weighted by molar-refractivity contribution is 9.08. The summed E-state index contributed by atoms with van der Waals surface area (Å²) >= 11 is 5.27. The maximum absolute atomic E-state index is 11.3. The maximum atomic E-state index is 11.3. The van der Waals surface area contributed by atoms with Gasteiger partial charge in [0.1, 0.15) is 5.69 Å². The van der Waals surface area contributed by atoms with Crippen LogP contribution < -0.4 is 4.90 Å². The van der Waals surface area contributed by atoms with Crippen LogP contribution in [-0.4, -0.2) is 28.5 Å². The third-order valence-corrected chi connectivity index (χ3v) is 5.57. The van der Waals surface area contributed by atoms with E-state index in [1.54, 1.807) is 6.07 Å². The Balaban J connectivity index is 2.40. The lowest BCUT2D eigenvalue weighted by atomic mass is 10.1. The van der Waals surface area contributed by atoms with Crippen LogP contribution in [0.4, 0.5) is 11.4 Å². The highest BCUT2D eigenvalue weighted by atomic mass is 79.9. The van der Waals surface area contributed by atoms with E-state index in [9.17, 15) is 10.1 Å². The Hall–Kier alpha value is -0.750. The van der Waals surface area contributed by atoms with Crippen molar-refractivity contribution in [2.45, 2.75) is 30.5 Å². The highest BCUT2D eigenvalue weighted by Crippen LogP contribution is 2.35. The van der Waals surface area contributed by atoms with Gasteiger partial charge in [0.2, 0.25) is 0 Å². The molecule has 104 valence electrons. The molecular formula is C13H17BrN2O2S. The second-order valence-electron chi connectivity index (χ2n) is 4.72. The van der Waals surface area contributed by atoms with Crippen LogP contribution in [0.2, 0.25) is 0 Å². The van der Waals surface area contributed by atoms with Crippen LogP contribution in [0.15, 0.2) is 18.2 Å². The number of alkyl halides is 1. The van der Waals surface area contributed by atoms with E-state index < -0.39 is 0 Å². The first-order chi connectivity index (χ1) is 9.04. The molecule has 0 radical (unpaired) electrons. The van der Waals surface area contributed by atoms with Crippen molar-refractivity contribution in [3.05, 3.63) is 33.9 Å². The van der Waals surface area contributed by atoms with Crippen LogP contribution >= 0.6 is 27.7 Å². The quantitative estimate of drug-likeness (QED) is 0.475. The number of nitrogens with zero attached hydrogens (tertiary/aromatic N) is 2. The monoisotopic (exact) mass is 344 g/mol. The average Bonchev–Trinajstić information content (AvgIpc) is 2.41. The summed E-state index contributed by atoms with van der Waals surface area (Å²) in [5.41, 5.74) is 1.89. The average molecular weight is 345 g/mol. The van der Waals surface area contributed by atoms with E-state index >= 15 is 0 Å². The van der Waals surface area contributed by atoms with Gasteiger partial charge in [0.05, 0.1) is 4.92 Å². The SMILES string of the molecule is CC1SCCN(c2ccc(CBr)cc2[N+](=O)[O-])C1C. The van der Waals surface area contributed by atoms with Crippen LogP contribution in [0, 0.1) is 10.1 Å². The zero-order valence-electron chi connectivity index (χ0n) is 11.0. The van der Waals surface area contributed by atoms with E-state index in [2.05, 4.69) is 34.7 Å². The van der Waals surface area contributed by atoms with Gasteiger partial charge in [-0.2, -0.15) is 11.8 Å². The Morgan fingerprint density at radius 3 is 2.89 bits per heavy atom. The van der Waals surface area contributed by atoms with Gasteiger partial charge in [0.15, 0.2) is 0 Å². The minimum absolute atomic E-state index is 0.211. The number of nitro benzene ring substituents is 1. The molecule has 0 aromatic heterocycles. The Kier molecular flexibility index (Phi) is 4.73. The molecule has 1 aliphatic rings. The molecule has 1 aliphatic heterocycles. The molecule has 2 atom stereocenters. The van der Waals surface area contributed by atoms with Gasteiger partial charge < -0.3 is 4.90 Å². The topological polar surface area (TPSA) is 46.4 Å². The number of hydrogen-bond acceptors (Lipinski definition) is 4. The molecule has 0 spiro atoms. The summed E-state index contributed by atoms with van der Waals surface area (Å²) in [6.45, 7) is 5.18. The highest BCUT2D eigenvalue weighted by Gasteiger charge is 2.29. The predicted octanol–water partition coefficient (Wildman–Crippen LogP) is 3.82. The normalized spacial score (nSPS) is 23.4. The zero-order chi connectivity index (χ0) is 14.0. The first kappa shape index (κ1) is 14.7. The van der Waals surface area contributed by atoms with Crippen molar-refractivity contribution in [3.8, 4) is 0 Å². The number of thioether (sulfide) groups is 1. The van der Waals surface area contributed by atoms with Gasteiger partial charge >= 0.3 is 0 Å². The van der Waals surface area contributed by atoms with Crippen molar-refractivity contribution in [1.82, 2.24) is 0 Å². The molecule has 2 unspecified atom stereocenters. The van der Waals surface area contributed by atoms with Crippen molar-refractivity contribution < 1.29 is 4.92 Å². The fourth-order valence-corrected chi connectivity index (χ4v) is 3.76. The zero-order valence-corrected chi connectivity index (χ0v) is 13.4. The molecule has 0 N–H and O–H groups in total. The molecule has 0 amide bonds. The largest absolute Gasteiger partial charge is 0.361 e. The van der Waals surface area contributed by atoms with E-state index in [0.717, 1.165) is 23.5 Å². The first-order valence-electron chi connectivity index (χ1n) is 6.26. The molecular weight excluding hydrogens is 328 g/mol. The number of nitro groups is 1. The Labute approximate surface area is 125 Å². The minimum Gasteiger partial charge on any atom is -0.361 e. The summed E-state index contributed by atoms with van der Waals surface area (Å²) in [6, 6.07) is 5.82. The molecule has 4 nitrogen and oxygen atoms in total. The third kappa shape index (κ3) is 3.05. The lowest BCUT2D eigenvalue weighted by molar-refractivity contribution is -0.384. The molecule has 19 heavy (non-hydrogen) atoms. The summed E-state index contributed by atoms with van der Waals surface area (Å²) in [5, 5.41) is 12.4. The van der Waals surface area contributed by atoms with E-state index in [1.165, 1.54) is 0 Å². The number of rotatable bonds is 3. The number of halogens is 1. The first-order valence-corrected chi connectivity index (χ1v) is 8.43. The van der Waals surface area contributed by atoms with Gasteiger partial charge in [-0.1, -0.05) is 28.9 Å². The number of hydrogen-bond donors (Lipinski definition) is 0. The van der Waals surface area contributed by atoms with Gasteiger partial charge in [0, 0.05) is 35.0 Å². The minimum atomic E-state index is -0.277. The fraction of sp³-hybridized carbons (Fsp3) is 0.538. The van der Waals surface area contributed by atoms with Gasteiger partial charge in [-0.15, -0.1) is 0 Å². The van der Waals surface area contributed by atoms with Crippen molar-refractivity contribution in [2.24, 2.45) is 0 Å². The van der Waals surface area contributed by atoms with Crippen LogP contribution in [0.25, 0.3) is 0 Å². The molecule has 0 bridgehead atoms. The van der Waals surface area contributed by atoms with Crippen molar-refractivity contribution in [2.75, 3.05) is 17.2 Å². The van der Waals surface area contributed by atoms with Gasteiger partial charge in [0.25, 0.3) is 5.69 Å². The standard InChI is InChI=1S/C13H17BrN2O2S/c1-9-10(2)19-6-5-15(9)12-4-3-11(8-14)7-13(12)16(17)18/h3-4,7,9-10H,5-6,8H2,1-2H3. The van der Waals surface area contributed by atoms with Crippen LogP contribution in [-0.2, 0) is 5.33 Å². The fourth-order valence-electron chi connectivity index (χ4n) is 2.31.